The first kappa shape index (κ1) is 19.3. The third kappa shape index (κ3) is 4.51. The van der Waals surface area contributed by atoms with Crippen molar-refractivity contribution >= 4 is 16.9 Å². The van der Waals surface area contributed by atoms with E-state index in [1.54, 1.807) is 7.11 Å². The Kier molecular flexibility index (Phi) is 5.95. The number of amides is 1. The number of hydrogen-bond acceptors (Lipinski definition) is 5. The summed E-state index contributed by atoms with van der Waals surface area (Å²) in [6, 6.07) is 15.5. The van der Waals surface area contributed by atoms with E-state index in [1.165, 1.54) is 0 Å². The molecule has 7 heteroatoms. The Labute approximate surface area is 169 Å². The summed E-state index contributed by atoms with van der Waals surface area (Å²) in [5.74, 6) is 2.30. The SMILES string of the molecule is COc1ccc(OCCn2c(CNC(=O)C3CCCO3)nc3ccccc32)cc1. The van der Waals surface area contributed by atoms with Crippen LogP contribution in [0.2, 0.25) is 0 Å². The van der Waals surface area contributed by atoms with Gasteiger partial charge < -0.3 is 24.1 Å². The summed E-state index contributed by atoms with van der Waals surface area (Å²) in [5.41, 5.74) is 1.92. The molecule has 1 atom stereocenters. The number of nitrogens with zero attached hydrogens (tertiary/aromatic N) is 2. The van der Waals surface area contributed by atoms with Gasteiger partial charge in [-0.1, -0.05) is 12.1 Å². The van der Waals surface area contributed by atoms with Gasteiger partial charge in [-0.25, -0.2) is 4.98 Å². The fourth-order valence-corrected chi connectivity index (χ4v) is 3.50. The zero-order chi connectivity index (χ0) is 20.1. The lowest BCUT2D eigenvalue weighted by molar-refractivity contribution is -0.130. The molecule has 1 fully saturated rings. The molecule has 0 aliphatic carbocycles. The molecule has 1 unspecified atom stereocenters. The Hall–Kier alpha value is -3.06. The van der Waals surface area contributed by atoms with Crippen molar-refractivity contribution in [3.8, 4) is 11.5 Å². The molecule has 2 heterocycles. The molecule has 0 bridgehead atoms. The van der Waals surface area contributed by atoms with Gasteiger partial charge >= 0.3 is 0 Å². The summed E-state index contributed by atoms with van der Waals surface area (Å²) < 4.78 is 18.6. The number of imidazole rings is 1. The normalized spacial score (nSPS) is 16.1. The lowest BCUT2D eigenvalue weighted by Crippen LogP contribution is -2.34. The quantitative estimate of drug-likeness (QED) is 0.635. The van der Waals surface area contributed by atoms with E-state index in [0.29, 0.717) is 26.3 Å². The van der Waals surface area contributed by atoms with Crippen LogP contribution in [0.1, 0.15) is 18.7 Å². The highest BCUT2D eigenvalue weighted by atomic mass is 16.5. The third-order valence-corrected chi connectivity index (χ3v) is 5.02. The lowest BCUT2D eigenvalue weighted by atomic mass is 10.2. The molecule has 4 rings (SSSR count). The second-order valence-electron chi connectivity index (χ2n) is 6.91. The van der Waals surface area contributed by atoms with Crippen LogP contribution >= 0.6 is 0 Å². The Morgan fingerprint density at radius 1 is 1.21 bits per heavy atom. The number of methoxy groups -OCH3 is 1. The average molecular weight is 395 g/mol. The molecule has 1 aromatic heterocycles. The number of carbonyl (C=O) groups excluding carboxylic acids is 1. The predicted molar refractivity (Wildman–Crippen MR) is 109 cm³/mol. The van der Waals surface area contributed by atoms with Gasteiger partial charge in [-0.15, -0.1) is 0 Å². The van der Waals surface area contributed by atoms with Crippen LogP contribution in [-0.2, 0) is 22.6 Å². The molecule has 1 saturated heterocycles. The average Bonchev–Trinajstić information content (AvgIpc) is 3.41. The first-order valence-electron chi connectivity index (χ1n) is 9.85. The monoisotopic (exact) mass is 395 g/mol. The van der Waals surface area contributed by atoms with Gasteiger partial charge in [0.15, 0.2) is 0 Å². The van der Waals surface area contributed by atoms with E-state index in [0.717, 1.165) is 41.2 Å². The summed E-state index contributed by atoms with van der Waals surface area (Å²) in [5, 5.41) is 2.96. The molecule has 0 saturated carbocycles. The second kappa shape index (κ2) is 8.96. The van der Waals surface area contributed by atoms with Gasteiger partial charge in [0.05, 0.1) is 31.2 Å². The maximum absolute atomic E-state index is 12.3. The molecule has 7 nitrogen and oxygen atoms in total. The van der Waals surface area contributed by atoms with Gasteiger partial charge in [0.1, 0.15) is 30.0 Å². The highest BCUT2D eigenvalue weighted by molar-refractivity contribution is 5.81. The minimum Gasteiger partial charge on any atom is -0.497 e. The number of carbonyl (C=O) groups is 1. The summed E-state index contributed by atoms with van der Waals surface area (Å²) in [6.45, 7) is 2.12. The van der Waals surface area contributed by atoms with Crippen LogP contribution in [0.15, 0.2) is 48.5 Å². The van der Waals surface area contributed by atoms with Crippen molar-refractivity contribution in [2.75, 3.05) is 20.3 Å². The minimum atomic E-state index is -0.341. The van der Waals surface area contributed by atoms with Crippen molar-refractivity contribution in [1.29, 1.82) is 0 Å². The van der Waals surface area contributed by atoms with E-state index in [4.69, 9.17) is 19.2 Å². The number of rotatable bonds is 8. The van der Waals surface area contributed by atoms with Crippen molar-refractivity contribution in [3.05, 3.63) is 54.4 Å². The number of hydrogen-bond donors (Lipinski definition) is 1. The summed E-state index contributed by atoms with van der Waals surface area (Å²) in [7, 11) is 1.64. The molecular formula is C22H25N3O4. The van der Waals surface area contributed by atoms with Crippen LogP contribution in [0.25, 0.3) is 11.0 Å². The first-order valence-corrected chi connectivity index (χ1v) is 9.85. The fourth-order valence-electron chi connectivity index (χ4n) is 3.50. The smallest absolute Gasteiger partial charge is 0.249 e. The maximum atomic E-state index is 12.3. The van der Waals surface area contributed by atoms with Gasteiger partial charge in [0, 0.05) is 6.61 Å². The van der Waals surface area contributed by atoms with Crippen molar-refractivity contribution in [1.82, 2.24) is 14.9 Å². The number of fused-ring (bicyclic) bond motifs is 1. The minimum absolute atomic E-state index is 0.0735. The molecule has 29 heavy (non-hydrogen) atoms. The van der Waals surface area contributed by atoms with Crippen molar-refractivity contribution in [2.24, 2.45) is 0 Å². The van der Waals surface area contributed by atoms with Crippen LogP contribution in [0, 0.1) is 0 Å². The molecular weight excluding hydrogens is 370 g/mol. The largest absolute Gasteiger partial charge is 0.497 e. The highest BCUT2D eigenvalue weighted by Crippen LogP contribution is 2.19. The summed E-state index contributed by atoms with van der Waals surface area (Å²) >= 11 is 0. The Balaban J connectivity index is 1.43. The molecule has 1 aliphatic rings. The van der Waals surface area contributed by atoms with Crippen molar-refractivity contribution in [3.63, 3.8) is 0 Å². The van der Waals surface area contributed by atoms with E-state index in [2.05, 4.69) is 9.88 Å². The number of ether oxygens (including phenoxy) is 3. The Morgan fingerprint density at radius 2 is 2.00 bits per heavy atom. The number of nitrogens with one attached hydrogen (secondary N) is 1. The van der Waals surface area contributed by atoms with Crippen molar-refractivity contribution < 1.29 is 19.0 Å². The number of benzene rings is 2. The molecule has 2 aromatic carbocycles. The first-order chi connectivity index (χ1) is 14.2. The lowest BCUT2D eigenvalue weighted by Gasteiger charge is -2.13. The summed E-state index contributed by atoms with van der Waals surface area (Å²) in [4.78, 5) is 17.0. The Bertz CT molecular complexity index is 962. The molecule has 0 radical (unpaired) electrons. The second-order valence-corrected chi connectivity index (χ2v) is 6.91. The molecule has 0 spiro atoms. The molecule has 1 N–H and O–H groups in total. The molecule has 1 amide bonds. The zero-order valence-electron chi connectivity index (χ0n) is 16.5. The van der Waals surface area contributed by atoms with E-state index in [1.807, 2.05) is 48.5 Å². The van der Waals surface area contributed by atoms with Crippen LogP contribution in [-0.4, -0.2) is 41.9 Å². The third-order valence-electron chi connectivity index (χ3n) is 5.02. The van der Waals surface area contributed by atoms with E-state index >= 15 is 0 Å². The molecule has 3 aromatic rings. The topological polar surface area (TPSA) is 74.6 Å². The number of para-hydroxylation sites is 2. The van der Waals surface area contributed by atoms with Crippen LogP contribution in [0.5, 0.6) is 11.5 Å². The van der Waals surface area contributed by atoms with E-state index < -0.39 is 0 Å². The standard InChI is InChI=1S/C22H25N3O4/c1-27-16-8-10-17(11-9-16)28-14-12-25-19-6-3-2-5-18(19)24-21(25)15-23-22(26)20-7-4-13-29-20/h2-3,5-6,8-11,20H,4,7,12-15H2,1H3,(H,23,26). The maximum Gasteiger partial charge on any atom is 0.249 e. The highest BCUT2D eigenvalue weighted by Gasteiger charge is 2.23. The van der Waals surface area contributed by atoms with Gasteiger partial charge in [-0.3, -0.25) is 4.79 Å². The van der Waals surface area contributed by atoms with Crippen LogP contribution in [0.3, 0.4) is 0 Å². The molecule has 152 valence electrons. The number of aromatic nitrogens is 2. The van der Waals surface area contributed by atoms with Gasteiger partial charge in [0.25, 0.3) is 0 Å². The van der Waals surface area contributed by atoms with E-state index in [-0.39, 0.29) is 12.0 Å². The predicted octanol–water partition coefficient (Wildman–Crippen LogP) is 2.92. The van der Waals surface area contributed by atoms with Gasteiger partial charge in [-0.05, 0) is 49.2 Å². The van der Waals surface area contributed by atoms with Gasteiger partial charge in [-0.2, -0.15) is 0 Å². The zero-order valence-corrected chi connectivity index (χ0v) is 16.5. The molecule has 1 aliphatic heterocycles. The van der Waals surface area contributed by atoms with E-state index in [9.17, 15) is 4.79 Å². The van der Waals surface area contributed by atoms with Crippen molar-refractivity contribution in [2.45, 2.75) is 32.0 Å². The Morgan fingerprint density at radius 3 is 2.76 bits per heavy atom. The van der Waals surface area contributed by atoms with Gasteiger partial charge in [0.2, 0.25) is 5.91 Å². The van der Waals surface area contributed by atoms with Crippen LogP contribution < -0.4 is 14.8 Å². The fraction of sp³-hybridized carbons (Fsp3) is 0.364. The summed E-state index contributed by atoms with van der Waals surface area (Å²) in [6.07, 6.45) is 1.36. The van der Waals surface area contributed by atoms with Crippen LogP contribution in [0.4, 0.5) is 0 Å².